The van der Waals surface area contributed by atoms with Gasteiger partial charge in [0.15, 0.2) is 11.3 Å². The van der Waals surface area contributed by atoms with Crippen LogP contribution in [-0.2, 0) is 0 Å². The summed E-state index contributed by atoms with van der Waals surface area (Å²) in [7, 11) is 0. The average molecular weight is 190 g/mol. The molecule has 0 fully saturated rings. The van der Waals surface area contributed by atoms with E-state index in [1.54, 1.807) is 13.0 Å². The first-order valence-electron chi connectivity index (χ1n) is 4.32. The quantitative estimate of drug-likeness (QED) is 0.647. The van der Waals surface area contributed by atoms with E-state index in [-0.39, 0.29) is 11.3 Å². The third-order valence-electron chi connectivity index (χ3n) is 2.30. The number of aromatic hydroxyl groups is 1. The second-order valence-electron chi connectivity index (χ2n) is 3.36. The van der Waals surface area contributed by atoms with Gasteiger partial charge in [0.05, 0.1) is 0 Å². The Bertz CT molecular complexity index is 552. The summed E-state index contributed by atoms with van der Waals surface area (Å²) < 4.78 is 4.95. The van der Waals surface area contributed by atoms with E-state index in [0.29, 0.717) is 5.56 Å². The van der Waals surface area contributed by atoms with Gasteiger partial charge in [-0.15, -0.1) is 0 Å². The summed E-state index contributed by atoms with van der Waals surface area (Å²) in [5.74, 6) is 0.0447. The minimum absolute atomic E-state index is 0.0447. The molecule has 0 saturated carbocycles. The number of hydrogen-bond donors (Lipinski definition) is 1. The Morgan fingerprint density at radius 1 is 1.21 bits per heavy atom. The first kappa shape index (κ1) is 8.81. The van der Waals surface area contributed by atoms with Gasteiger partial charge in [0.2, 0.25) is 0 Å². The van der Waals surface area contributed by atoms with Gasteiger partial charge in [-0.25, -0.2) is 4.79 Å². The second-order valence-corrected chi connectivity index (χ2v) is 3.36. The van der Waals surface area contributed by atoms with E-state index >= 15 is 0 Å². The molecule has 1 heterocycles. The molecule has 0 bridgehead atoms. The normalized spacial score (nSPS) is 10.7. The molecule has 0 aliphatic rings. The monoisotopic (exact) mass is 190 g/mol. The van der Waals surface area contributed by atoms with Crippen molar-refractivity contribution >= 4 is 11.0 Å². The zero-order chi connectivity index (χ0) is 10.3. The molecule has 2 rings (SSSR count). The summed E-state index contributed by atoms with van der Waals surface area (Å²) in [5, 5.41) is 10.4. The van der Waals surface area contributed by atoms with Gasteiger partial charge in [-0.05, 0) is 25.0 Å². The fourth-order valence-electron chi connectivity index (χ4n) is 1.47. The summed E-state index contributed by atoms with van der Waals surface area (Å²) in [5.41, 5.74) is 1.35. The zero-order valence-corrected chi connectivity index (χ0v) is 8.00. The van der Waals surface area contributed by atoms with Crippen LogP contribution < -0.4 is 5.63 Å². The van der Waals surface area contributed by atoms with Crippen molar-refractivity contribution in [3.8, 4) is 5.75 Å². The summed E-state index contributed by atoms with van der Waals surface area (Å²) in [6, 6.07) is 5.05. The molecule has 3 heteroatoms. The second kappa shape index (κ2) is 2.87. The largest absolute Gasteiger partial charge is 0.504 e. The van der Waals surface area contributed by atoms with Gasteiger partial charge in [0.25, 0.3) is 0 Å². The van der Waals surface area contributed by atoms with Gasteiger partial charge in [-0.3, -0.25) is 0 Å². The summed E-state index contributed by atoms with van der Waals surface area (Å²) in [6.45, 7) is 3.57. The van der Waals surface area contributed by atoms with Gasteiger partial charge in [-0.1, -0.05) is 12.1 Å². The molecule has 0 amide bonds. The molecule has 0 unspecified atom stereocenters. The lowest BCUT2D eigenvalue weighted by molar-refractivity contribution is 0.453. The number of rotatable bonds is 0. The average Bonchev–Trinajstić information content (AvgIpc) is 2.12. The molecule has 0 aliphatic heterocycles. The summed E-state index contributed by atoms with van der Waals surface area (Å²) in [6.07, 6.45) is 0. The van der Waals surface area contributed by atoms with Gasteiger partial charge in [0, 0.05) is 11.5 Å². The van der Waals surface area contributed by atoms with Crippen molar-refractivity contribution in [2.45, 2.75) is 13.8 Å². The Balaban J connectivity index is 3.02. The predicted molar refractivity (Wildman–Crippen MR) is 53.6 cm³/mol. The van der Waals surface area contributed by atoms with Crippen LogP contribution >= 0.6 is 0 Å². The Hall–Kier alpha value is -1.77. The lowest BCUT2D eigenvalue weighted by Crippen LogP contribution is -1.98. The Morgan fingerprint density at radius 2 is 1.93 bits per heavy atom. The molecule has 1 N–H and O–H groups in total. The third-order valence-corrected chi connectivity index (χ3v) is 2.30. The van der Waals surface area contributed by atoms with Gasteiger partial charge in [-0.2, -0.15) is 0 Å². The third kappa shape index (κ3) is 1.18. The van der Waals surface area contributed by atoms with E-state index < -0.39 is 5.63 Å². The summed E-state index contributed by atoms with van der Waals surface area (Å²) >= 11 is 0. The van der Waals surface area contributed by atoms with Crippen molar-refractivity contribution in [3.63, 3.8) is 0 Å². The predicted octanol–water partition coefficient (Wildman–Crippen LogP) is 2.12. The molecular formula is C11H10O3. The van der Waals surface area contributed by atoms with Crippen molar-refractivity contribution in [1.29, 1.82) is 0 Å². The van der Waals surface area contributed by atoms with Crippen LogP contribution in [0.5, 0.6) is 5.75 Å². The van der Waals surface area contributed by atoms with E-state index in [0.717, 1.165) is 10.9 Å². The number of hydrogen-bond acceptors (Lipinski definition) is 3. The maximum Gasteiger partial charge on any atom is 0.336 e. The standard InChI is InChI=1S/C11H10O3/c1-6-3-4-8-7(2)5-9(12)14-11(8)10(6)13/h3-5,13H,1-2H3. The van der Waals surface area contributed by atoms with Crippen LogP contribution in [0.4, 0.5) is 0 Å². The number of aryl methyl sites for hydroxylation is 2. The van der Waals surface area contributed by atoms with Crippen LogP contribution in [0.3, 0.4) is 0 Å². The van der Waals surface area contributed by atoms with Gasteiger partial charge >= 0.3 is 5.63 Å². The highest BCUT2D eigenvalue weighted by Gasteiger charge is 2.08. The van der Waals surface area contributed by atoms with E-state index in [4.69, 9.17) is 4.42 Å². The number of benzene rings is 1. The highest BCUT2D eigenvalue weighted by atomic mass is 16.4. The topological polar surface area (TPSA) is 50.4 Å². The first-order chi connectivity index (χ1) is 6.59. The van der Waals surface area contributed by atoms with Crippen LogP contribution in [0, 0.1) is 13.8 Å². The number of phenols is 1. The maximum atomic E-state index is 11.1. The smallest absolute Gasteiger partial charge is 0.336 e. The number of fused-ring (bicyclic) bond motifs is 1. The molecule has 0 aliphatic carbocycles. The van der Waals surface area contributed by atoms with Crippen LogP contribution in [0.1, 0.15) is 11.1 Å². The lowest BCUT2D eigenvalue weighted by atomic mass is 10.1. The molecule has 0 saturated heterocycles. The summed E-state index contributed by atoms with van der Waals surface area (Å²) in [4.78, 5) is 11.1. The molecule has 2 aromatic rings. The molecule has 14 heavy (non-hydrogen) atoms. The van der Waals surface area contributed by atoms with Crippen LogP contribution in [0.15, 0.2) is 27.4 Å². The van der Waals surface area contributed by atoms with E-state index in [2.05, 4.69) is 0 Å². The van der Waals surface area contributed by atoms with E-state index in [9.17, 15) is 9.90 Å². The van der Waals surface area contributed by atoms with Crippen LogP contribution in [0.2, 0.25) is 0 Å². The molecule has 3 nitrogen and oxygen atoms in total. The van der Waals surface area contributed by atoms with Crippen molar-refractivity contribution in [3.05, 3.63) is 39.7 Å². The van der Waals surface area contributed by atoms with E-state index in [1.807, 2.05) is 13.0 Å². The molecule has 0 spiro atoms. The fraction of sp³-hybridized carbons (Fsp3) is 0.182. The minimum atomic E-state index is -0.434. The molecule has 0 atom stereocenters. The Labute approximate surface area is 80.6 Å². The Morgan fingerprint density at radius 3 is 2.64 bits per heavy atom. The highest BCUT2D eigenvalue weighted by molar-refractivity contribution is 5.86. The first-order valence-corrected chi connectivity index (χ1v) is 4.32. The van der Waals surface area contributed by atoms with E-state index in [1.165, 1.54) is 6.07 Å². The Kier molecular flexibility index (Phi) is 1.81. The van der Waals surface area contributed by atoms with Crippen LogP contribution in [-0.4, -0.2) is 5.11 Å². The van der Waals surface area contributed by atoms with Gasteiger partial charge in [0.1, 0.15) is 0 Å². The lowest BCUT2D eigenvalue weighted by Gasteiger charge is -2.04. The fourth-order valence-corrected chi connectivity index (χ4v) is 1.47. The zero-order valence-electron chi connectivity index (χ0n) is 8.00. The van der Waals surface area contributed by atoms with Crippen LogP contribution in [0.25, 0.3) is 11.0 Å². The van der Waals surface area contributed by atoms with Crippen molar-refractivity contribution in [2.75, 3.05) is 0 Å². The molecule has 1 aromatic heterocycles. The highest BCUT2D eigenvalue weighted by Crippen LogP contribution is 2.28. The molecular weight excluding hydrogens is 180 g/mol. The molecule has 1 aromatic carbocycles. The van der Waals surface area contributed by atoms with Crippen molar-refractivity contribution in [2.24, 2.45) is 0 Å². The van der Waals surface area contributed by atoms with Crippen molar-refractivity contribution in [1.82, 2.24) is 0 Å². The number of phenolic OH excluding ortho intramolecular Hbond substituents is 1. The van der Waals surface area contributed by atoms with Gasteiger partial charge < -0.3 is 9.52 Å². The van der Waals surface area contributed by atoms with Crippen molar-refractivity contribution < 1.29 is 9.52 Å². The minimum Gasteiger partial charge on any atom is -0.504 e. The molecule has 0 radical (unpaired) electrons. The maximum absolute atomic E-state index is 11.1. The molecule has 72 valence electrons. The SMILES string of the molecule is Cc1ccc2c(C)cc(=O)oc2c1O.